The summed E-state index contributed by atoms with van der Waals surface area (Å²) >= 11 is 4.91. The Balaban J connectivity index is 3.09. The number of carbonyl (C=O) groups excluding carboxylic acids is 1. The third kappa shape index (κ3) is 3.40. The molecule has 0 atom stereocenters. The molecule has 0 aliphatic rings. The quantitative estimate of drug-likeness (QED) is 0.764. The molecule has 0 aromatic heterocycles. The first-order valence-electron chi connectivity index (χ1n) is 4.85. The number of benzene rings is 1. The lowest BCUT2D eigenvalue weighted by atomic mass is 10.1. The fourth-order valence-corrected chi connectivity index (χ4v) is 1.51. The van der Waals surface area contributed by atoms with Crippen molar-refractivity contribution in [2.75, 3.05) is 26.1 Å². The van der Waals surface area contributed by atoms with Gasteiger partial charge in [0.05, 0.1) is 12.8 Å². The van der Waals surface area contributed by atoms with Crippen molar-refractivity contribution in [2.45, 2.75) is 0 Å². The predicted octanol–water partition coefficient (Wildman–Crippen LogP) is 0.914. The van der Waals surface area contributed by atoms with Gasteiger partial charge in [-0.15, -0.1) is 0 Å². The highest BCUT2D eigenvalue weighted by Gasteiger charge is 2.13. The molecule has 1 aromatic carbocycles. The standard InChI is InChI=1S/C11H14N2O3S/c1-15-6-9(14)13-10-7(11(12)17)4-3-5-8(10)16-2/h3-5H,6H2,1-2H3,(H2,12,17)(H,13,14). The van der Waals surface area contributed by atoms with E-state index in [4.69, 9.17) is 27.4 Å². The lowest BCUT2D eigenvalue weighted by Gasteiger charge is -2.13. The molecule has 92 valence electrons. The molecule has 1 aromatic rings. The van der Waals surface area contributed by atoms with Crippen molar-refractivity contribution in [1.82, 2.24) is 0 Å². The molecular weight excluding hydrogens is 240 g/mol. The van der Waals surface area contributed by atoms with Crippen molar-refractivity contribution < 1.29 is 14.3 Å². The van der Waals surface area contributed by atoms with Gasteiger partial charge in [0.15, 0.2) is 0 Å². The van der Waals surface area contributed by atoms with Gasteiger partial charge in [0, 0.05) is 12.7 Å². The van der Waals surface area contributed by atoms with Gasteiger partial charge in [-0.25, -0.2) is 0 Å². The largest absolute Gasteiger partial charge is 0.495 e. The Hall–Kier alpha value is -1.66. The summed E-state index contributed by atoms with van der Waals surface area (Å²) in [5.41, 5.74) is 6.60. The summed E-state index contributed by atoms with van der Waals surface area (Å²) in [7, 11) is 2.95. The molecule has 3 N–H and O–H groups in total. The maximum absolute atomic E-state index is 11.5. The molecule has 0 saturated carbocycles. The number of nitrogens with two attached hydrogens (primary N) is 1. The van der Waals surface area contributed by atoms with Crippen LogP contribution in [0.3, 0.4) is 0 Å². The van der Waals surface area contributed by atoms with Gasteiger partial charge in [0.1, 0.15) is 17.3 Å². The fourth-order valence-electron chi connectivity index (χ4n) is 1.34. The van der Waals surface area contributed by atoms with Gasteiger partial charge in [-0.1, -0.05) is 18.3 Å². The summed E-state index contributed by atoms with van der Waals surface area (Å²) in [5.74, 6) is 0.203. The van der Waals surface area contributed by atoms with Crippen molar-refractivity contribution in [2.24, 2.45) is 5.73 Å². The second kappa shape index (κ2) is 6.17. The molecule has 0 radical (unpaired) electrons. The highest BCUT2D eigenvalue weighted by atomic mass is 32.1. The number of anilines is 1. The topological polar surface area (TPSA) is 73.6 Å². The Kier molecular flexibility index (Phi) is 4.86. The summed E-state index contributed by atoms with van der Waals surface area (Å²) in [6.45, 7) is -0.0468. The van der Waals surface area contributed by atoms with E-state index < -0.39 is 0 Å². The third-order valence-electron chi connectivity index (χ3n) is 2.05. The highest BCUT2D eigenvalue weighted by molar-refractivity contribution is 7.80. The maximum atomic E-state index is 11.5. The zero-order chi connectivity index (χ0) is 12.8. The van der Waals surface area contributed by atoms with E-state index in [0.717, 1.165) is 0 Å². The van der Waals surface area contributed by atoms with Gasteiger partial charge in [-0.2, -0.15) is 0 Å². The second-order valence-electron chi connectivity index (χ2n) is 3.23. The SMILES string of the molecule is COCC(=O)Nc1c(OC)cccc1C(N)=S. The molecule has 1 rings (SSSR count). The Morgan fingerprint density at radius 3 is 2.71 bits per heavy atom. The van der Waals surface area contributed by atoms with Gasteiger partial charge in [-0.05, 0) is 12.1 Å². The van der Waals surface area contributed by atoms with Crippen LogP contribution in [0, 0.1) is 0 Å². The summed E-state index contributed by atoms with van der Waals surface area (Å²) in [5, 5.41) is 2.66. The first kappa shape index (κ1) is 13.4. The van der Waals surface area contributed by atoms with E-state index in [2.05, 4.69) is 5.32 Å². The van der Waals surface area contributed by atoms with Gasteiger partial charge in [0.25, 0.3) is 0 Å². The molecule has 0 fully saturated rings. The molecule has 1 amide bonds. The number of para-hydroxylation sites is 1. The molecule has 0 spiro atoms. The number of rotatable bonds is 5. The van der Waals surface area contributed by atoms with Crippen LogP contribution in [0.5, 0.6) is 5.75 Å². The monoisotopic (exact) mass is 254 g/mol. The van der Waals surface area contributed by atoms with Gasteiger partial charge >= 0.3 is 0 Å². The summed E-state index contributed by atoms with van der Waals surface area (Å²) in [6.07, 6.45) is 0. The van der Waals surface area contributed by atoms with Crippen LogP contribution in [0.1, 0.15) is 5.56 Å². The average Bonchev–Trinajstić information content (AvgIpc) is 2.29. The van der Waals surface area contributed by atoms with Gasteiger partial charge in [-0.3, -0.25) is 4.79 Å². The average molecular weight is 254 g/mol. The number of hydrogen-bond acceptors (Lipinski definition) is 4. The lowest BCUT2D eigenvalue weighted by molar-refractivity contribution is -0.119. The van der Waals surface area contributed by atoms with Crippen molar-refractivity contribution >= 4 is 28.8 Å². The molecule has 0 aliphatic heterocycles. The van der Waals surface area contributed by atoms with Crippen LogP contribution in [0.4, 0.5) is 5.69 Å². The summed E-state index contributed by atoms with van der Waals surface area (Å²) < 4.78 is 9.88. The number of amides is 1. The van der Waals surface area contributed by atoms with Crippen LogP contribution < -0.4 is 15.8 Å². The Morgan fingerprint density at radius 2 is 2.18 bits per heavy atom. The number of carbonyl (C=O) groups is 1. The number of hydrogen-bond donors (Lipinski definition) is 2. The Morgan fingerprint density at radius 1 is 1.47 bits per heavy atom. The van der Waals surface area contributed by atoms with Crippen LogP contribution in [0.2, 0.25) is 0 Å². The number of thiocarbonyl (C=S) groups is 1. The molecule has 0 saturated heterocycles. The number of nitrogens with one attached hydrogen (secondary N) is 1. The predicted molar refractivity (Wildman–Crippen MR) is 69.4 cm³/mol. The molecule has 0 aliphatic carbocycles. The molecule has 0 bridgehead atoms. The first-order chi connectivity index (χ1) is 8.10. The van der Waals surface area contributed by atoms with Crippen LogP contribution in [0.15, 0.2) is 18.2 Å². The molecule has 17 heavy (non-hydrogen) atoms. The van der Waals surface area contributed by atoms with Crippen molar-refractivity contribution in [3.63, 3.8) is 0 Å². The molecular formula is C11H14N2O3S. The molecule has 0 heterocycles. The van der Waals surface area contributed by atoms with Crippen molar-refractivity contribution in [3.8, 4) is 5.75 Å². The van der Waals surface area contributed by atoms with E-state index in [1.54, 1.807) is 18.2 Å². The normalized spacial score (nSPS) is 9.76. The zero-order valence-electron chi connectivity index (χ0n) is 9.65. The summed E-state index contributed by atoms with van der Waals surface area (Å²) in [4.78, 5) is 11.7. The minimum atomic E-state index is -0.297. The maximum Gasteiger partial charge on any atom is 0.250 e. The smallest absolute Gasteiger partial charge is 0.250 e. The minimum absolute atomic E-state index is 0.0468. The van der Waals surface area contributed by atoms with Gasteiger partial charge in [0.2, 0.25) is 5.91 Å². The fraction of sp³-hybridized carbons (Fsp3) is 0.273. The third-order valence-corrected chi connectivity index (χ3v) is 2.27. The van der Waals surface area contributed by atoms with E-state index in [-0.39, 0.29) is 17.5 Å². The number of ether oxygens (including phenoxy) is 2. The van der Waals surface area contributed by atoms with E-state index in [9.17, 15) is 4.79 Å². The van der Waals surface area contributed by atoms with E-state index in [1.165, 1.54) is 14.2 Å². The minimum Gasteiger partial charge on any atom is -0.495 e. The first-order valence-corrected chi connectivity index (χ1v) is 5.26. The molecule has 5 nitrogen and oxygen atoms in total. The van der Waals surface area contributed by atoms with Crippen LogP contribution in [0.25, 0.3) is 0 Å². The van der Waals surface area contributed by atoms with E-state index in [1.807, 2.05) is 0 Å². The van der Waals surface area contributed by atoms with Crippen LogP contribution in [-0.2, 0) is 9.53 Å². The Bertz CT molecular complexity index is 435. The van der Waals surface area contributed by atoms with E-state index in [0.29, 0.717) is 17.0 Å². The van der Waals surface area contributed by atoms with Crippen molar-refractivity contribution in [3.05, 3.63) is 23.8 Å². The Labute approximate surface area is 105 Å². The molecule has 0 unspecified atom stereocenters. The van der Waals surface area contributed by atoms with E-state index >= 15 is 0 Å². The van der Waals surface area contributed by atoms with Gasteiger partial charge < -0.3 is 20.5 Å². The highest BCUT2D eigenvalue weighted by Crippen LogP contribution is 2.28. The second-order valence-corrected chi connectivity index (χ2v) is 3.67. The van der Waals surface area contributed by atoms with Crippen LogP contribution in [-0.4, -0.2) is 31.7 Å². The zero-order valence-corrected chi connectivity index (χ0v) is 10.5. The van der Waals surface area contributed by atoms with Crippen molar-refractivity contribution in [1.29, 1.82) is 0 Å². The van der Waals surface area contributed by atoms with Crippen LogP contribution >= 0.6 is 12.2 Å². The number of methoxy groups -OCH3 is 2. The summed E-state index contributed by atoms with van der Waals surface area (Å²) in [6, 6.07) is 5.18. The lowest BCUT2D eigenvalue weighted by Crippen LogP contribution is -2.21. The molecule has 6 heteroatoms.